The summed E-state index contributed by atoms with van der Waals surface area (Å²) in [5.74, 6) is 0.860. The van der Waals surface area contributed by atoms with Gasteiger partial charge in [0, 0.05) is 30.1 Å². The van der Waals surface area contributed by atoms with Crippen LogP contribution in [0.2, 0.25) is 0 Å². The maximum absolute atomic E-state index is 12.4. The van der Waals surface area contributed by atoms with Gasteiger partial charge in [-0.05, 0) is 43.0 Å². The molecule has 0 radical (unpaired) electrons. The maximum Gasteiger partial charge on any atom is 0.224 e. The fourth-order valence-corrected chi connectivity index (χ4v) is 3.84. The van der Waals surface area contributed by atoms with Crippen molar-refractivity contribution in [3.63, 3.8) is 0 Å². The number of fused-ring (bicyclic) bond motifs is 1. The highest BCUT2D eigenvalue weighted by Gasteiger charge is 2.16. The van der Waals surface area contributed by atoms with E-state index in [2.05, 4.69) is 16.4 Å². The Kier molecular flexibility index (Phi) is 4.74. The Morgan fingerprint density at radius 2 is 2.08 bits per heavy atom. The number of aromatic nitrogens is 2. The summed E-state index contributed by atoms with van der Waals surface area (Å²) in [4.78, 5) is 17.1. The van der Waals surface area contributed by atoms with Gasteiger partial charge in [-0.15, -0.1) is 0 Å². The van der Waals surface area contributed by atoms with Gasteiger partial charge in [0.2, 0.25) is 5.91 Å². The lowest BCUT2D eigenvalue weighted by molar-refractivity contribution is -0.116. The highest BCUT2D eigenvalue weighted by atomic mass is 16.1. The van der Waals surface area contributed by atoms with Crippen molar-refractivity contribution in [1.82, 2.24) is 9.38 Å². The molecule has 0 spiro atoms. The molecule has 2 aromatic heterocycles. The fraction of sp³-hybridized carbons (Fsp3) is 0.364. The van der Waals surface area contributed by atoms with E-state index in [1.165, 1.54) is 25.7 Å². The lowest BCUT2D eigenvalue weighted by Gasteiger charge is -2.12. The van der Waals surface area contributed by atoms with Gasteiger partial charge >= 0.3 is 0 Å². The molecule has 0 saturated heterocycles. The molecule has 1 saturated carbocycles. The second kappa shape index (κ2) is 7.32. The van der Waals surface area contributed by atoms with Gasteiger partial charge in [0.15, 0.2) is 0 Å². The lowest BCUT2D eigenvalue weighted by Crippen LogP contribution is -2.13. The number of imidazole rings is 1. The molecule has 2 heterocycles. The van der Waals surface area contributed by atoms with Gasteiger partial charge in [-0.1, -0.05) is 43.9 Å². The van der Waals surface area contributed by atoms with Crippen LogP contribution in [-0.4, -0.2) is 15.3 Å². The number of rotatable bonds is 5. The molecule has 1 aliphatic rings. The molecule has 0 atom stereocenters. The molecule has 26 heavy (non-hydrogen) atoms. The predicted octanol–water partition coefficient (Wildman–Crippen LogP) is 5.22. The van der Waals surface area contributed by atoms with Crippen LogP contribution in [0.3, 0.4) is 0 Å². The van der Waals surface area contributed by atoms with E-state index in [0.717, 1.165) is 40.5 Å². The van der Waals surface area contributed by atoms with Crippen molar-refractivity contribution in [3.8, 4) is 11.3 Å². The first-order valence-electron chi connectivity index (χ1n) is 9.54. The number of nitrogens with zero attached hydrogens (tertiary/aromatic N) is 2. The average molecular weight is 347 g/mol. The van der Waals surface area contributed by atoms with Gasteiger partial charge in [-0.25, -0.2) is 4.98 Å². The van der Waals surface area contributed by atoms with Gasteiger partial charge in [0.1, 0.15) is 5.65 Å². The minimum absolute atomic E-state index is 0.118. The molecule has 1 fully saturated rings. The van der Waals surface area contributed by atoms with Crippen LogP contribution in [0.15, 0.2) is 48.8 Å². The van der Waals surface area contributed by atoms with Gasteiger partial charge in [0.05, 0.1) is 5.69 Å². The second-order valence-corrected chi connectivity index (χ2v) is 7.36. The maximum atomic E-state index is 12.4. The Labute approximate surface area is 154 Å². The number of nitrogens with one attached hydrogen (secondary N) is 1. The molecule has 1 amide bonds. The van der Waals surface area contributed by atoms with E-state index >= 15 is 0 Å². The zero-order valence-electron chi connectivity index (χ0n) is 15.2. The molecule has 4 rings (SSSR count). The first-order valence-corrected chi connectivity index (χ1v) is 9.54. The Morgan fingerprint density at radius 3 is 2.88 bits per heavy atom. The van der Waals surface area contributed by atoms with Crippen molar-refractivity contribution in [3.05, 3.63) is 54.4 Å². The summed E-state index contributed by atoms with van der Waals surface area (Å²) in [6.07, 6.45) is 10.9. The minimum atomic E-state index is 0.118. The van der Waals surface area contributed by atoms with Crippen LogP contribution in [0.5, 0.6) is 0 Å². The number of hydrogen-bond acceptors (Lipinski definition) is 2. The predicted molar refractivity (Wildman–Crippen MR) is 105 cm³/mol. The van der Waals surface area contributed by atoms with E-state index < -0.39 is 0 Å². The van der Waals surface area contributed by atoms with Crippen molar-refractivity contribution in [2.24, 2.45) is 5.92 Å². The Bertz CT molecular complexity index is 889. The van der Waals surface area contributed by atoms with E-state index in [4.69, 9.17) is 0 Å². The Morgan fingerprint density at radius 1 is 1.23 bits per heavy atom. The summed E-state index contributed by atoms with van der Waals surface area (Å²) in [7, 11) is 0. The van der Waals surface area contributed by atoms with Crippen LogP contribution >= 0.6 is 0 Å². The SMILES string of the molecule is Cc1ccc(-c2cn3ccccc3n2)cc1NC(=O)CCC1CCCC1. The van der Waals surface area contributed by atoms with Crippen LogP contribution in [0, 0.1) is 12.8 Å². The molecular weight excluding hydrogens is 322 g/mol. The topological polar surface area (TPSA) is 46.4 Å². The molecular formula is C22H25N3O. The van der Waals surface area contributed by atoms with Crippen LogP contribution in [0.4, 0.5) is 5.69 Å². The van der Waals surface area contributed by atoms with E-state index in [9.17, 15) is 4.79 Å². The molecule has 4 nitrogen and oxygen atoms in total. The number of benzene rings is 1. The van der Waals surface area contributed by atoms with E-state index in [0.29, 0.717) is 6.42 Å². The van der Waals surface area contributed by atoms with E-state index in [1.54, 1.807) is 0 Å². The molecule has 1 aliphatic carbocycles. The van der Waals surface area contributed by atoms with Crippen molar-refractivity contribution in [2.45, 2.75) is 45.4 Å². The smallest absolute Gasteiger partial charge is 0.224 e. The number of amides is 1. The highest BCUT2D eigenvalue weighted by Crippen LogP contribution is 2.29. The number of aryl methyl sites for hydroxylation is 1. The molecule has 0 bridgehead atoms. The van der Waals surface area contributed by atoms with Gasteiger partial charge in [-0.3, -0.25) is 4.79 Å². The monoisotopic (exact) mass is 347 g/mol. The summed E-state index contributed by atoms with van der Waals surface area (Å²) in [6, 6.07) is 12.1. The van der Waals surface area contributed by atoms with Crippen LogP contribution < -0.4 is 5.32 Å². The summed E-state index contributed by atoms with van der Waals surface area (Å²) >= 11 is 0. The zero-order chi connectivity index (χ0) is 17.9. The molecule has 1 aromatic carbocycles. The summed E-state index contributed by atoms with van der Waals surface area (Å²) in [5, 5.41) is 3.10. The molecule has 4 heteroatoms. The fourth-order valence-electron chi connectivity index (χ4n) is 3.84. The number of anilines is 1. The molecule has 0 unspecified atom stereocenters. The van der Waals surface area contributed by atoms with Crippen LogP contribution in [0.1, 0.15) is 44.1 Å². The quantitative estimate of drug-likeness (QED) is 0.688. The summed E-state index contributed by atoms with van der Waals surface area (Å²) in [6.45, 7) is 2.03. The van der Waals surface area contributed by atoms with Crippen LogP contribution in [-0.2, 0) is 4.79 Å². The number of carbonyl (C=O) groups is 1. The van der Waals surface area contributed by atoms with E-state index in [1.807, 2.05) is 54.0 Å². The van der Waals surface area contributed by atoms with Gasteiger partial charge in [0.25, 0.3) is 0 Å². The highest BCUT2D eigenvalue weighted by molar-refractivity contribution is 5.92. The molecule has 3 aromatic rings. The largest absolute Gasteiger partial charge is 0.326 e. The Balaban J connectivity index is 1.49. The first-order chi connectivity index (χ1) is 12.7. The van der Waals surface area contributed by atoms with Crippen molar-refractivity contribution >= 4 is 17.2 Å². The average Bonchev–Trinajstić information content (AvgIpc) is 3.31. The number of hydrogen-bond donors (Lipinski definition) is 1. The lowest BCUT2D eigenvalue weighted by atomic mass is 10.0. The molecule has 0 aliphatic heterocycles. The zero-order valence-corrected chi connectivity index (χ0v) is 15.2. The Hall–Kier alpha value is -2.62. The molecule has 1 N–H and O–H groups in total. The molecule has 134 valence electrons. The standard InChI is InChI=1S/C22H25N3O/c1-16-9-11-18(20-15-25-13-5-4-8-21(25)23-20)14-19(16)24-22(26)12-10-17-6-2-3-7-17/h4-5,8-9,11,13-15,17H,2-3,6-7,10,12H2,1H3,(H,24,26). The third-order valence-corrected chi connectivity index (χ3v) is 5.43. The first kappa shape index (κ1) is 16.8. The normalized spacial score (nSPS) is 14.8. The van der Waals surface area contributed by atoms with Gasteiger partial charge in [-0.2, -0.15) is 0 Å². The minimum Gasteiger partial charge on any atom is -0.326 e. The van der Waals surface area contributed by atoms with Gasteiger partial charge < -0.3 is 9.72 Å². The van der Waals surface area contributed by atoms with Crippen molar-refractivity contribution < 1.29 is 4.79 Å². The van der Waals surface area contributed by atoms with Crippen molar-refractivity contribution in [2.75, 3.05) is 5.32 Å². The second-order valence-electron chi connectivity index (χ2n) is 7.36. The summed E-state index contributed by atoms with van der Waals surface area (Å²) < 4.78 is 2.01. The third-order valence-electron chi connectivity index (χ3n) is 5.43. The van der Waals surface area contributed by atoms with E-state index in [-0.39, 0.29) is 5.91 Å². The number of pyridine rings is 1. The summed E-state index contributed by atoms with van der Waals surface area (Å²) in [5.41, 5.74) is 4.82. The van der Waals surface area contributed by atoms with Crippen molar-refractivity contribution in [1.29, 1.82) is 0 Å². The van der Waals surface area contributed by atoms with Crippen LogP contribution in [0.25, 0.3) is 16.9 Å². The third kappa shape index (κ3) is 3.64. The number of carbonyl (C=O) groups excluding carboxylic acids is 1.